The summed E-state index contributed by atoms with van der Waals surface area (Å²) >= 11 is 0. The first-order valence-corrected chi connectivity index (χ1v) is 11.7. The molecule has 0 aliphatic heterocycles. The topological polar surface area (TPSA) is 110 Å². The lowest BCUT2D eigenvalue weighted by Crippen LogP contribution is -2.39. The number of carbonyl (C=O) groups is 2. The zero-order valence-corrected chi connectivity index (χ0v) is 20.9. The fraction of sp³-hybridized carbons (Fsp3) is 0.692. The number of aliphatic carboxylic acids is 1. The molecule has 0 aliphatic rings. The lowest BCUT2D eigenvalue weighted by Gasteiger charge is -2.29. The zero-order chi connectivity index (χ0) is 24.6. The van der Waals surface area contributed by atoms with Crippen LogP contribution in [0.5, 0.6) is 0 Å². The lowest BCUT2D eigenvalue weighted by molar-refractivity contribution is -0.143. The van der Waals surface area contributed by atoms with Crippen LogP contribution in [0.15, 0.2) is 18.2 Å². The van der Waals surface area contributed by atoms with E-state index in [1.165, 1.54) is 0 Å². The Morgan fingerprint density at radius 3 is 2.25 bits per heavy atom. The third-order valence-corrected chi connectivity index (χ3v) is 6.14. The van der Waals surface area contributed by atoms with Crippen molar-refractivity contribution in [2.45, 2.75) is 91.7 Å². The molecule has 0 saturated heterocycles. The zero-order valence-electron chi connectivity index (χ0n) is 20.9. The van der Waals surface area contributed by atoms with Gasteiger partial charge in [0.2, 0.25) is 0 Å². The number of esters is 1. The van der Waals surface area contributed by atoms with Gasteiger partial charge in [-0.05, 0) is 60.1 Å². The van der Waals surface area contributed by atoms with Crippen molar-refractivity contribution in [1.29, 1.82) is 0 Å². The van der Waals surface area contributed by atoms with E-state index in [2.05, 4.69) is 52.8 Å². The highest BCUT2D eigenvalue weighted by Gasteiger charge is 2.26. The third kappa shape index (κ3) is 8.91. The molecule has 4 atom stereocenters. The summed E-state index contributed by atoms with van der Waals surface area (Å²) in [6.45, 7) is 14.4. The van der Waals surface area contributed by atoms with Gasteiger partial charge in [-0.1, -0.05) is 59.7 Å². The molecule has 182 valence electrons. The highest BCUT2D eigenvalue weighted by Crippen LogP contribution is 2.30. The number of ether oxygens (including phenoxy) is 1. The second-order valence-electron chi connectivity index (χ2n) is 10.4. The van der Waals surface area contributed by atoms with Gasteiger partial charge < -0.3 is 20.7 Å². The molecule has 0 heterocycles. The molecular formula is C26H43NO5. The van der Waals surface area contributed by atoms with Gasteiger partial charge in [0.15, 0.2) is 0 Å². The Morgan fingerprint density at radius 2 is 1.75 bits per heavy atom. The van der Waals surface area contributed by atoms with Crippen LogP contribution in [0.25, 0.3) is 0 Å². The van der Waals surface area contributed by atoms with E-state index in [1.54, 1.807) is 13.8 Å². The van der Waals surface area contributed by atoms with Crippen LogP contribution in [-0.4, -0.2) is 40.9 Å². The third-order valence-electron chi connectivity index (χ3n) is 6.14. The molecule has 1 aromatic rings. The van der Waals surface area contributed by atoms with E-state index in [1.807, 2.05) is 0 Å². The minimum atomic E-state index is -0.926. The van der Waals surface area contributed by atoms with E-state index in [4.69, 9.17) is 15.6 Å². The summed E-state index contributed by atoms with van der Waals surface area (Å²) in [6.07, 6.45) is 0.897. The maximum Gasteiger partial charge on any atom is 0.310 e. The van der Waals surface area contributed by atoms with Crippen molar-refractivity contribution in [1.82, 2.24) is 0 Å². The fourth-order valence-electron chi connectivity index (χ4n) is 4.06. The predicted octanol–water partition coefficient (Wildman–Crippen LogP) is 4.09. The molecule has 1 rings (SSSR count). The van der Waals surface area contributed by atoms with E-state index in [0.717, 1.165) is 23.1 Å². The Bertz CT molecular complexity index is 753. The Kier molecular flexibility index (Phi) is 10.9. The Balaban J connectivity index is 3.04. The number of aliphatic hydroxyl groups excluding tert-OH is 1. The molecule has 0 amide bonds. The first kappa shape index (κ1) is 28.1. The number of aliphatic hydroxyl groups is 1. The maximum atomic E-state index is 12.2. The van der Waals surface area contributed by atoms with E-state index < -0.39 is 24.0 Å². The Hall–Kier alpha value is -1.92. The minimum Gasteiger partial charge on any atom is -0.481 e. The maximum absolute atomic E-state index is 12.2. The van der Waals surface area contributed by atoms with Gasteiger partial charge in [-0.15, -0.1) is 0 Å². The van der Waals surface area contributed by atoms with Gasteiger partial charge >= 0.3 is 11.9 Å². The molecule has 4 N–H and O–H groups in total. The van der Waals surface area contributed by atoms with Crippen molar-refractivity contribution in [2.75, 3.05) is 6.61 Å². The van der Waals surface area contributed by atoms with Gasteiger partial charge in [0.25, 0.3) is 0 Å². The molecule has 1 aromatic carbocycles. The van der Waals surface area contributed by atoms with Gasteiger partial charge in [0.05, 0.1) is 25.0 Å². The quantitative estimate of drug-likeness (QED) is 0.415. The second kappa shape index (κ2) is 12.4. The number of hydrogen-bond donors (Lipinski definition) is 3. The van der Waals surface area contributed by atoms with Gasteiger partial charge in [-0.3, -0.25) is 9.59 Å². The summed E-state index contributed by atoms with van der Waals surface area (Å²) in [6, 6.07) is 5.82. The summed E-state index contributed by atoms with van der Waals surface area (Å²) in [5.74, 6) is -1.24. The molecule has 0 bridgehead atoms. The van der Waals surface area contributed by atoms with Crippen LogP contribution in [0.1, 0.15) is 78.0 Å². The van der Waals surface area contributed by atoms with Crippen molar-refractivity contribution in [3.05, 3.63) is 34.9 Å². The molecule has 6 nitrogen and oxygen atoms in total. The van der Waals surface area contributed by atoms with Gasteiger partial charge in [-0.2, -0.15) is 0 Å². The number of carbonyl (C=O) groups excluding carboxylic acids is 1. The number of carboxylic acid groups (broad SMARTS) is 1. The number of hydrogen-bond acceptors (Lipinski definition) is 5. The minimum absolute atomic E-state index is 0.0922. The molecular weight excluding hydrogens is 406 g/mol. The summed E-state index contributed by atoms with van der Waals surface area (Å²) < 4.78 is 5.18. The van der Waals surface area contributed by atoms with Crippen LogP contribution in [0, 0.1) is 17.8 Å². The van der Waals surface area contributed by atoms with Crippen LogP contribution in [0.2, 0.25) is 0 Å². The van der Waals surface area contributed by atoms with Crippen molar-refractivity contribution < 1.29 is 24.5 Å². The summed E-state index contributed by atoms with van der Waals surface area (Å²) in [4.78, 5) is 23.3. The molecule has 0 saturated carbocycles. The van der Waals surface area contributed by atoms with Gasteiger partial charge in [-0.25, -0.2) is 0 Å². The molecule has 32 heavy (non-hydrogen) atoms. The largest absolute Gasteiger partial charge is 0.481 e. The first-order chi connectivity index (χ1) is 14.8. The summed E-state index contributed by atoms with van der Waals surface area (Å²) in [7, 11) is 0. The molecule has 0 spiro atoms. The van der Waals surface area contributed by atoms with Crippen LogP contribution in [-0.2, 0) is 32.6 Å². The molecule has 0 aliphatic carbocycles. The Morgan fingerprint density at radius 1 is 1.12 bits per heavy atom. The molecule has 6 heteroatoms. The summed E-state index contributed by atoms with van der Waals surface area (Å²) in [5, 5.41) is 19.5. The number of carboxylic acids is 1. The van der Waals surface area contributed by atoms with Gasteiger partial charge in [0, 0.05) is 6.04 Å². The van der Waals surface area contributed by atoms with Crippen molar-refractivity contribution in [2.24, 2.45) is 23.5 Å². The van der Waals surface area contributed by atoms with E-state index in [-0.39, 0.29) is 30.1 Å². The monoisotopic (exact) mass is 449 g/mol. The average molecular weight is 450 g/mol. The van der Waals surface area contributed by atoms with E-state index in [0.29, 0.717) is 18.9 Å². The van der Waals surface area contributed by atoms with Crippen LogP contribution in [0.4, 0.5) is 0 Å². The standard InChI is InChI=1S/C26H43NO5/c1-8-32-24(29)15-20-13-18(9-10-21(20)26(5,6)7)12-19(16(2)3)14-22(27)23(28)11-17(4)25(30)31/h9-10,13,16-17,19,22-23,28H,8,11-12,14-15,27H2,1-7H3,(H,30,31)/t17-,19+,22+,23+/m1/s1. The number of rotatable bonds is 12. The molecule has 0 fully saturated rings. The SMILES string of the molecule is CCOC(=O)Cc1cc(C[C@@H](C[C@H](N)[C@@H](O)C[C@@H](C)C(=O)O)C(C)C)ccc1C(C)(C)C. The number of nitrogens with two attached hydrogens (primary N) is 1. The van der Waals surface area contributed by atoms with Gasteiger partial charge in [0.1, 0.15) is 0 Å². The Labute approximate surface area is 193 Å². The first-order valence-electron chi connectivity index (χ1n) is 11.7. The highest BCUT2D eigenvalue weighted by molar-refractivity contribution is 5.73. The number of benzene rings is 1. The van der Waals surface area contributed by atoms with Crippen molar-refractivity contribution >= 4 is 11.9 Å². The molecule has 0 aromatic heterocycles. The van der Waals surface area contributed by atoms with Crippen LogP contribution in [0.3, 0.4) is 0 Å². The van der Waals surface area contributed by atoms with Crippen LogP contribution < -0.4 is 5.73 Å². The van der Waals surface area contributed by atoms with Crippen molar-refractivity contribution in [3.8, 4) is 0 Å². The molecule has 0 unspecified atom stereocenters. The van der Waals surface area contributed by atoms with E-state index in [9.17, 15) is 14.7 Å². The van der Waals surface area contributed by atoms with Crippen molar-refractivity contribution in [3.63, 3.8) is 0 Å². The normalized spacial score (nSPS) is 15.8. The predicted molar refractivity (Wildman–Crippen MR) is 128 cm³/mol. The average Bonchev–Trinajstić information content (AvgIpc) is 2.66. The highest BCUT2D eigenvalue weighted by atomic mass is 16.5. The summed E-state index contributed by atoms with van der Waals surface area (Å²) in [5.41, 5.74) is 9.41. The smallest absolute Gasteiger partial charge is 0.310 e. The molecule has 0 radical (unpaired) electrons. The van der Waals surface area contributed by atoms with E-state index >= 15 is 0 Å². The lowest BCUT2D eigenvalue weighted by atomic mass is 9.79. The second-order valence-corrected chi connectivity index (χ2v) is 10.4. The van der Waals surface area contributed by atoms with Crippen LogP contribution >= 0.6 is 0 Å². The fourth-order valence-corrected chi connectivity index (χ4v) is 4.06.